The molecule has 1 aliphatic heterocycles. The zero-order valence-corrected chi connectivity index (χ0v) is 7.52. The average Bonchev–Trinajstić information content (AvgIpc) is 2.15. The van der Waals surface area contributed by atoms with E-state index < -0.39 is 0 Å². The first-order valence-corrected chi connectivity index (χ1v) is 5.23. The highest BCUT2D eigenvalue weighted by atomic mass is 32.2. The van der Waals surface area contributed by atoms with Gasteiger partial charge >= 0.3 is 0 Å². The fourth-order valence-electron chi connectivity index (χ4n) is 0.695. The number of allylic oxidation sites excluding steroid dienone is 1. The first kappa shape index (κ1) is 7.55. The van der Waals surface area contributed by atoms with Crippen molar-refractivity contribution in [3.63, 3.8) is 0 Å². The highest BCUT2D eigenvalue weighted by Gasteiger charge is 2.07. The summed E-state index contributed by atoms with van der Waals surface area (Å²) in [5.74, 6) is 3.34. The van der Waals surface area contributed by atoms with Gasteiger partial charge in [0, 0.05) is 15.7 Å². The number of rotatable bonds is 1. The van der Waals surface area contributed by atoms with Crippen LogP contribution < -0.4 is 0 Å². The molecule has 0 saturated carbocycles. The maximum Gasteiger partial charge on any atom is 0.0363 e. The first-order valence-electron chi connectivity index (χ1n) is 3.26. The number of hydrogen-bond acceptors (Lipinski definition) is 2. The molecule has 0 aromatic rings. The third-order valence-corrected chi connectivity index (χ3v) is 3.66. The van der Waals surface area contributed by atoms with Gasteiger partial charge in [-0.1, -0.05) is 19.9 Å². The van der Waals surface area contributed by atoms with Crippen LogP contribution in [0.5, 0.6) is 0 Å². The molecule has 52 valence electrons. The zero-order valence-electron chi connectivity index (χ0n) is 5.89. The number of thioether (sulfide) groups is 2. The smallest absolute Gasteiger partial charge is 0.0363 e. The topological polar surface area (TPSA) is 0 Å². The first-order chi connectivity index (χ1) is 4.29. The predicted octanol–water partition coefficient (Wildman–Crippen LogP) is 2.96. The average molecular weight is 160 g/mol. The molecule has 9 heavy (non-hydrogen) atoms. The lowest BCUT2D eigenvalue weighted by atomic mass is 10.2. The van der Waals surface area contributed by atoms with Crippen LogP contribution in [-0.2, 0) is 0 Å². The van der Waals surface area contributed by atoms with Gasteiger partial charge in [-0.3, -0.25) is 0 Å². The minimum absolute atomic E-state index is 0.720. The predicted molar refractivity (Wildman–Crippen MR) is 47.8 cm³/mol. The standard InChI is InChI=1S/C7H12S2/c1-6(2)5-7-8-3-4-9-7/h5-6H,3-4H2,1-2H3. The Morgan fingerprint density at radius 2 is 1.89 bits per heavy atom. The molecule has 0 aromatic carbocycles. The van der Waals surface area contributed by atoms with E-state index in [1.54, 1.807) is 0 Å². The molecule has 0 aromatic heterocycles. The van der Waals surface area contributed by atoms with Gasteiger partial charge in [0.25, 0.3) is 0 Å². The SMILES string of the molecule is CC(C)C=C1SCCS1. The van der Waals surface area contributed by atoms with Crippen LogP contribution in [0.3, 0.4) is 0 Å². The number of hydrogen-bond donors (Lipinski definition) is 0. The van der Waals surface area contributed by atoms with Crippen LogP contribution in [0.25, 0.3) is 0 Å². The van der Waals surface area contributed by atoms with Crippen LogP contribution in [0.15, 0.2) is 10.3 Å². The van der Waals surface area contributed by atoms with Gasteiger partial charge in [-0.2, -0.15) is 0 Å². The minimum Gasteiger partial charge on any atom is -0.119 e. The molecule has 2 heteroatoms. The van der Waals surface area contributed by atoms with E-state index in [-0.39, 0.29) is 0 Å². The summed E-state index contributed by atoms with van der Waals surface area (Å²) in [5.41, 5.74) is 0. The molecular weight excluding hydrogens is 148 g/mol. The summed E-state index contributed by atoms with van der Waals surface area (Å²) < 4.78 is 1.53. The van der Waals surface area contributed by atoms with E-state index in [0.29, 0.717) is 0 Å². The zero-order chi connectivity index (χ0) is 6.69. The van der Waals surface area contributed by atoms with Crippen LogP contribution >= 0.6 is 23.5 Å². The Hall–Kier alpha value is 0.440. The van der Waals surface area contributed by atoms with Gasteiger partial charge < -0.3 is 0 Å². The van der Waals surface area contributed by atoms with Crippen molar-refractivity contribution in [3.8, 4) is 0 Å². The van der Waals surface area contributed by atoms with E-state index in [1.165, 1.54) is 15.7 Å². The lowest BCUT2D eigenvalue weighted by Gasteiger charge is -1.96. The van der Waals surface area contributed by atoms with Crippen molar-refractivity contribution < 1.29 is 0 Å². The normalized spacial score (nSPS) is 19.2. The van der Waals surface area contributed by atoms with Crippen molar-refractivity contribution >= 4 is 23.5 Å². The van der Waals surface area contributed by atoms with Crippen molar-refractivity contribution in [1.29, 1.82) is 0 Å². The van der Waals surface area contributed by atoms with E-state index >= 15 is 0 Å². The second kappa shape index (κ2) is 3.57. The van der Waals surface area contributed by atoms with E-state index in [1.807, 2.05) is 23.5 Å². The van der Waals surface area contributed by atoms with Gasteiger partial charge in [0.2, 0.25) is 0 Å². The van der Waals surface area contributed by atoms with Gasteiger partial charge in [0.1, 0.15) is 0 Å². The highest BCUT2D eigenvalue weighted by Crippen LogP contribution is 2.36. The maximum absolute atomic E-state index is 2.35. The van der Waals surface area contributed by atoms with E-state index in [4.69, 9.17) is 0 Å². The molecular formula is C7H12S2. The monoisotopic (exact) mass is 160 g/mol. The Labute approximate surface area is 65.5 Å². The van der Waals surface area contributed by atoms with Crippen LogP contribution in [-0.4, -0.2) is 11.5 Å². The molecule has 1 aliphatic rings. The van der Waals surface area contributed by atoms with Gasteiger partial charge in [-0.15, -0.1) is 23.5 Å². The summed E-state index contributed by atoms with van der Waals surface area (Å²) in [5, 5.41) is 0. The largest absolute Gasteiger partial charge is 0.119 e. The van der Waals surface area contributed by atoms with E-state index in [9.17, 15) is 0 Å². The third-order valence-electron chi connectivity index (χ3n) is 1.04. The van der Waals surface area contributed by atoms with Gasteiger partial charge in [0.15, 0.2) is 0 Å². The maximum atomic E-state index is 2.35. The fourth-order valence-corrected chi connectivity index (χ4v) is 3.33. The van der Waals surface area contributed by atoms with Crippen LogP contribution in [0, 0.1) is 5.92 Å². The van der Waals surface area contributed by atoms with E-state index in [0.717, 1.165) is 5.92 Å². The van der Waals surface area contributed by atoms with Crippen molar-refractivity contribution in [3.05, 3.63) is 10.3 Å². The molecule has 0 unspecified atom stereocenters. The summed E-state index contributed by atoms with van der Waals surface area (Å²) in [6, 6.07) is 0. The Morgan fingerprint density at radius 3 is 2.33 bits per heavy atom. The molecule has 0 amide bonds. The summed E-state index contributed by atoms with van der Waals surface area (Å²) >= 11 is 3.99. The van der Waals surface area contributed by atoms with Gasteiger partial charge in [0.05, 0.1) is 0 Å². The van der Waals surface area contributed by atoms with E-state index in [2.05, 4.69) is 19.9 Å². The molecule has 0 bridgehead atoms. The summed E-state index contributed by atoms with van der Waals surface area (Å²) in [4.78, 5) is 0. The Bertz CT molecular complexity index is 108. The minimum atomic E-state index is 0.720. The van der Waals surface area contributed by atoms with Crippen LogP contribution in [0.4, 0.5) is 0 Å². The Balaban J connectivity index is 2.39. The quantitative estimate of drug-likeness (QED) is 0.578. The Kier molecular flexibility index (Phi) is 2.99. The van der Waals surface area contributed by atoms with Crippen molar-refractivity contribution in [1.82, 2.24) is 0 Å². The van der Waals surface area contributed by atoms with Crippen molar-refractivity contribution in [2.75, 3.05) is 11.5 Å². The second-order valence-corrected chi connectivity index (χ2v) is 4.96. The van der Waals surface area contributed by atoms with Crippen molar-refractivity contribution in [2.45, 2.75) is 13.8 Å². The van der Waals surface area contributed by atoms with Gasteiger partial charge in [-0.05, 0) is 5.92 Å². The highest BCUT2D eigenvalue weighted by molar-refractivity contribution is 8.25. The molecule has 1 heterocycles. The molecule has 0 aliphatic carbocycles. The van der Waals surface area contributed by atoms with Crippen LogP contribution in [0.1, 0.15) is 13.8 Å². The van der Waals surface area contributed by atoms with Gasteiger partial charge in [-0.25, -0.2) is 0 Å². The molecule has 0 N–H and O–H groups in total. The Morgan fingerprint density at radius 1 is 1.33 bits per heavy atom. The molecule has 0 atom stereocenters. The lowest BCUT2D eigenvalue weighted by Crippen LogP contribution is -1.77. The van der Waals surface area contributed by atoms with Crippen molar-refractivity contribution in [2.24, 2.45) is 5.92 Å². The molecule has 1 fully saturated rings. The summed E-state index contributed by atoms with van der Waals surface area (Å²) in [6.07, 6.45) is 2.35. The molecule has 0 radical (unpaired) electrons. The molecule has 1 saturated heterocycles. The molecule has 1 rings (SSSR count). The summed E-state index contributed by atoms with van der Waals surface area (Å²) in [6.45, 7) is 4.46. The summed E-state index contributed by atoms with van der Waals surface area (Å²) in [7, 11) is 0. The molecule has 0 nitrogen and oxygen atoms in total. The third kappa shape index (κ3) is 2.67. The van der Waals surface area contributed by atoms with Crippen LogP contribution in [0.2, 0.25) is 0 Å². The second-order valence-electron chi connectivity index (χ2n) is 2.43. The fraction of sp³-hybridized carbons (Fsp3) is 0.714. The lowest BCUT2D eigenvalue weighted by molar-refractivity contribution is 0.832. The molecule has 0 spiro atoms.